The summed E-state index contributed by atoms with van der Waals surface area (Å²) in [5.41, 5.74) is 6.13. The van der Waals surface area contributed by atoms with Crippen molar-refractivity contribution in [3.63, 3.8) is 0 Å². The minimum atomic E-state index is -3.44. The van der Waals surface area contributed by atoms with Gasteiger partial charge in [0.2, 0.25) is 10.0 Å². The third kappa shape index (κ3) is 3.70. The minimum absolute atomic E-state index is 0.231. The quantitative estimate of drug-likeness (QED) is 0.842. The van der Waals surface area contributed by atoms with Crippen LogP contribution in [-0.2, 0) is 10.0 Å². The summed E-state index contributed by atoms with van der Waals surface area (Å²) in [6.07, 6.45) is 0.835. The third-order valence-corrected chi connectivity index (χ3v) is 5.27. The van der Waals surface area contributed by atoms with Crippen LogP contribution in [-0.4, -0.2) is 26.3 Å². The van der Waals surface area contributed by atoms with Gasteiger partial charge in [-0.3, -0.25) is 0 Å². The molecule has 0 bridgehead atoms. The van der Waals surface area contributed by atoms with Crippen LogP contribution in [0, 0.1) is 5.92 Å². The summed E-state index contributed by atoms with van der Waals surface area (Å²) in [6.45, 7) is 4.64. The van der Waals surface area contributed by atoms with E-state index in [0.29, 0.717) is 22.6 Å². The van der Waals surface area contributed by atoms with Crippen molar-refractivity contribution in [1.82, 2.24) is 4.31 Å². The molecule has 6 heteroatoms. The molecule has 0 amide bonds. The van der Waals surface area contributed by atoms with E-state index in [2.05, 4.69) is 29.8 Å². The Labute approximate surface area is 117 Å². The van der Waals surface area contributed by atoms with Crippen LogP contribution < -0.4 is 5.73 Å². The summed E-state index contributed by atoms with van der Waals surface area (Å²) in [6, 6.07) is 4.69. The van der Waals surface area contributed by atoms with Crippen LogP contribution in [0.1, 0.15) is 20.3 Å². The van der Waals surface area contributed by atoms with Gasteiger partial charge in [-0.25, -0.2) is 12.7 Å². The Morgan fingerprint density at radius 1 is 1.39 bits per heavy atom. The van der Waals surface area contributed by atoms with E-state index in [0.717, 1.165) is 6.42 Å². The molecule has 102 valence electrons. The van der Waals surface area contributed by atoms with Crippen molar-refractivity contribution < 1.29 is 8.42 Å². The Kier molecular flexibility index (Phi) is 5.19. The molecule has 0 aliphatic heterocycles. The standard InChI is InChI=1S/C12H19BrN2O2S/c1-9(2)6-7-15(3)18(16,17)10-4-5-11(13)12(14)8-10/h4-5,8-9H,6-7,14H2,1-3H3. The zero-order valence-electron chi connectivity index (χ0n) is 10.9. The highest BCUT2D eigenvalue weighted by Crippen LogP contribution is 2.24. The molecule has 0 aliphatic carbocycles. The van der Waals surface area contributed by atoms with Gasteiger partial charge >= 0.3 is 0 Å². The zero-order chi connectivity index (χ0) is 13.9. The third-order valence-electron chi connectivity index (χ3n) is 2.70. The molecular weight excluding hydrogens is 316 g/mol. The topological polar surface area (TPSA) is 63.4 Å². The average molecular weight is 335 g/mol. The van der Waals surface area contributed by atoms with Gasteiger partial charge in [0.15, 0.2) is 0 Å². The Balaban J connectivity index is 2.95. The summed E-state index contributed by atoms with van der Waals surface area (Å²) in [4.78, 5) is 0.231. The molecule has 1 aromatic rings. The van der Waals surface area contributed by atoms with Crippen LogP contribution in [0.4, 0.5) is 5.69 Å². The summed E-state index contributed by atoms with van der Waals surface area (Å²) in [7, 11) is -1.85. The molecule has 0 unspecified atom stereocenters. The second kappa shape index (κ2) is 6.04. The number of nitrogens with zero attached hydrogens (tertiary/aromatic N) is 1. The maximum atomic E-state index is 12.3. The Hall–Kier alpha value is -0.590. The van der Waals surface area contributed by atoms with E-state index in [9.17, 15) is 8.42 Å². The molecule has 18 heavy (non-hydrogen) atoms. The molecule has 0 fully saturated rings. The van der Waals surface area contributed by atoms with Crippen molar-refractivity contribution in [2.24, 2.45) is 5.92 Å². The molecule has 4 nitrogen and oxygen atoms in total. The van der Waals surface area contributed by atoms with Gasteiger partial charge in [0, 0.05) is 23.8 Å². The second-order valence-corrected chi connectivity index (χ2v) is 7.59. The van der Waals surface area contributed by atoms with Gasteiger partial charge in [-0.15, -0.1) is 0 Å². The van der Waals surface area contributed by atoms with Crippen LogP contribution in [0.3, 0.4) is 0 Å². The lowest BCUT2D eigenvalue weighted by molar-refractivity contribution is 0.428. The Morgan fingerprint density at radius 3 is 2.50 bits per heavy atom. The van der Waals surface area contributed by atoms with E-state index < -0.39 is 10.0 Å². The van der Waals surface area contributed by atoms with Gasteiger partial charge in [-0.2, -0.15) is 0 Å². The highest BCUT2D eigenvalue weighted by Gasteiger charge is 2.21. The minimum Gasteiger partial charge on any atom is -0.398 e. The second-order valence-electron chi connectivity index (χ2n) is 4.69. The molecule has 0 aromatic heterocycles. The molecule has 1 rings (SSSR count). The Morgan fingerprint density at radius 2 is 2.00 bits per heavy atom. The molecule has 0 atom stereocenters. The van der Waals surface area contributed by atoms with Crippen molar-refractivity contribution in [1.29, 1.82) is 0 Å². The fourth-order valence-electron chi connectivity index (χ4n) is 1.42. The normalized spacial score (nSPS) is 12.3. The maximum Gasteiger partial charge on any atom is 0.242 e. The van der Waals surface area contributed by atoms with E-state index in [1.165, 1.54) is 10.4 Å². The van der Waals surface area contributed by atoms with E-state index in [1.54, 1.807) is 19.2 Å². The predicted molar refractivity (Wildman–Crippen MR) is 77.8 cm³/mol. The molecule has 0 aliphatic rings. The van der Waals surface area contributed by atoms with Gasteiger partial charge < -0.3 is 5.73 Å². The number of hydrogen-bond acceptors (Lipinski definition) is 3. The number of nitrogens with two attached hydrogens (primary N) is 1. The van der Waals surface area contributed by atoms with E-state index in [4.69, 9.17) is 5.73 Å². The van der Waals surface area contributed by atoms with Crippen LogP contribution in [0.2, 0.25) is 0 Å². The van der Waals surface area contributed by atoms with E-state index >= 15 is 0 Å². The van der Waals surface area contributed by atoms with Gasteiger partial charge in [0.05, 0.1) is 4.90 Å². The number of anilines is 1. The molecule has 1 aromatic carbocycles. The zero-order valence-corrected chi connectivity index (χ0v) is 13.3. The first kappa shape index (κ1) is 15.5. The van der Waals surface area contributed by atoms with Gasteiger partial charge in [0.25, 0.3) is 0 Å². The number of nitrogen functional groups attached to an aromatic ring is 1. The number of halogens is 1. The number of hydrogen-bond donors (Lipinski definition) is 1. The van der Waals surface area contributed by atoms with Crippen molar-refractivity contribution in [3.05, 3.63) is 22.7 Å². The lowest BCUT2D eigenvalue weighted by Crippen LogP contribution is -2.28. The molecule has 0 saturated heterocycles. The van der Waals surface area contributed by atoms with Crippen molar-refractivity contribution in [2.45, 2.75) is 25.2 Å². The summed E-state index contributed by atoms with van der Waals surface area (Å²) < 4.78 is 26.6. The largest absolute Gasteiger partial charge is 0.398 e. The van der Waals surface area contributed by atoms with Gasteiger partial charge in [0.1, 0.15) is 0 Å². The van der Waals surface area contributed by atoms with Crippen molar-refractivity contribution in [2.75, 3.05) is 19.3 Å². The lowest BCUT2D eigenvalue weighted by Gasteiger charge is -2.18. The van der Waals surface area contributed by atoms with Crippen LogP contribution >= 0.6 is 15.9 Å². The number of rotatable bonds is 5. The molecule has 0 heterocycles. The number of benzene rings is 1. The highest BCUT2D eigenvalue weighted by atomic mass is 79.9. The molecule has 2 N–H and O–H groups in total. The number of sulfonamides is 1. The first-order valence-corrected chi connectivity index (χ1v) is 8.00. The first-order chi connectivity index (χ1) is 8.25. The maximum absolute atomic E-state index is 12.3. The Bertz CT molecular complexity index is 515. The van der Waals surface area contributed by atoms with Gasteiger partial charge in [-0.1, -0.05) is 13.8 Å². The predicted octanol–water partition coefficient (Wildman–Crippen LogP) is 2.70. The summed E-state index contributed by atoms with van der Waals surface area (Å²) in [5, 5.41) is 0. The van der Waals surface area contributed by atoms with E-state index in [1.807, 2.05) is 0 Å². The summed E-state index contributed by atoms with van der Waals surface area (Å²) in [5.74, 6) is 0.470. The van der Waals surface area contributed by atoms with Crippen LogP contribution in [0.15, 0.2) is 27.6 Å². The van der Waals surface area contributed by atoms with Crippen molar-refractivity contribution >= 4 is 31.6 Å². The SMILES string of the molecule is CC(C)CCN(C)S(=O)(=O)c1ccc(Br)c(N)c1. The first-order valence-electron chi connectivity index (χ1n) is 5.76. The lowest BCUT2D eigenvalue weighted by atomic mass is 10.1. The molecule has 0 spiro atoms. The van der Waals surface area contributed by atoms with Crippen LogP contribution in [0.5, 0.6) is 0 Å². The highest BCUT2D eigenvalue weighted by molar-refractivity contribution is 9.10. The monoisotopic (exact) mass is 334 g/mol. The summed E-state index contributed by atoms with van der Waals surface area (Å²) >= 11 is 3.25. The molecule has 0 saturated carbocycles. The fraction of sp³-hybridized carbons (Fsp3) is 0.500. The average Bonchev–Trinajstić information content (AvgIpc) is 2.29. The smallest absolute Gasteiger partial charge is 0.242 e. The van der Waals surface area contributed by atoms with Crippen molar-refractivity contribution in [3.8, 4) is 0 Å². The molecular formula is C12H19BrN2O2S. The van der Waals surface area contributed by atoms with E-state index in [-0.39, 0.29) is 4.90 Å². The fourth-order valence-corrected chi connectivity index (χ4v) is 2.89. The van der Waals surface area contributed by atoms with Crippen LogP contribution in [0.25, 0.3) is 0 Å². The van der Waals surface area contributed by atoms with Gasteiger partial charge in [-0.05, 0) is 46.5 Å². The molecule has 0 radical (unpaired) electrons.